The number of thiophene rings is 1. The van der Waals surface area contributed by atoms with Gasteiger partial charge in [-0.15, -0.1) is 11.3 Å². The maximum atomic E-state index is 3.42. The molecule has 2 nitrogen and oxygen atoms in total. The van der Waals surface area contributed by atoms with Gasteiger partial charge in [0.1, 0.15) is 0 Å². The Bertz CT molecular complexity index is 341. The largest absolute Gasteiger partial charge is 0.314 e. The number of nitrogens with one attached hydrogen (secondary N) is 1. The monoisotopic (exact) mass is 236 g/mol. The molecule has 1 atom stereocenters. The Morgan fingerprint density at radius 3 is 3.12 bits per heavy atom. The SMILES string of the molecule is c1cc2c(s1)CCC(CN1CCNCC1)C2. The number of aryl methyl sites for hydroxylation is 1. The second-order valence-electron chi connectivity index (χ2n) is 5.03. The van der Waals surface area contributed by atoms with Crippen molar-refractivity contribution in [3.8, 4) is 0 Å². The van der Waals surface area contributed by atoms with E-state index in [4.69, 9.17) is 0 Å². The Balaban J connectivity index is 1.57. The molecule has 0 bridgehead atoms. The first-order valence-electron chi connectivity index (χ1n) is 6.40. The minimum atomic E-state index is 0.903. The Hall–Kier alpha value is -0.380. The lowest BCUT2D eigenvalue weighted by atomic mass is 9.88. The lowest BCUT2D eigenvalue weighted by Gasteiger charge is -2.32. The van der Waals surface area contributed by atoms with Crippen molar-refractivity contribution in [3.05, 3.63) is 21.9 Å². The van der Waals surface area contributed by atoms with Crippen LogP contribution in [0.1, 0.15) is 16.9 Å². The van der Waals surface area contributed by atoms with Crippen molar-refractivity contribution in [2.24, 2.45) is 5.92 Å². The van der Waals surface area contributed by atoms with E-state index >= 15 is 0 Å². The first-order chi connectivity index (χ1) is 7.92. The topological polar surface area (TPSA) is 15.3 Å². The van der Waals surface area contributed by atoms with Crippen LogP contribution in [-0.4, -0.2) is 37.6 Å². The number of fused-ring (bicyclic) bond motifs is 1. The van der Waals surface area contributed by atoms with Gasteiger partial charge < -0.3 is 10.2 Å². The lowest BCUT2D eigenvalue weighted by molar-refractivity contribution is 0.197. The molecular formula is C13H20N2S. The molecule has 2 aliphatic rings. The van der Waals surface area contributed by atoms with Crippen molar-refractivity contribution in [1.82, 2.24) is 10.2 Å². The fourth-order valence-corrected chi connectivity index (χ4v) is 3.87. The highest BCUT2D eigenvalue weighted by Gasteiger charge is 2.22. The molecule has 0 radical (unpaired) electrons. The van der Waals surface area contributed by atoms with E-state index in [-0.39, 0.29) is 0 Å². The van der Waals surface area contributed by atoms with Crippen LogP contribution in [0.25, 0.3) is 0 Å². The van der Waals surface area contributed by atoms with Gasteiger partial charge in [-0.2, -0.15) is 0 Å². The van der Waals surface area contributed by atoms with E-state index in [0.29, 0.717) is 0 Å². The number of hydrogen-bond acceptors (Lipinski definition) is 3. The maximum Gasteiger partial charge on any atom is 0.0107 e. The fourth-order valence-electron chi connectivity index (χ4n) is 2.93. The summed E-state index contributed by atoms with van der Waals surface area (Å²) in [5.74, 6) is 0.903. The summed E-state index contributed by atoms with van der Waals surface area (Å²) < 4.78 is 0. The molecule has 1 saturated heterocycles. The smallest absolute Gasteiger partial charge is 0.0107 e. The van der Waals surface area contributed by atoms with E-state index in [1.54, 1.807) is 10.4 Å². The molecule has 16 heavy (non-hydrogen) atoms. The van der Waals surface area contributed by atoms with Gasteiger partial charge in [0.15, 0.2) is 0 Å². The third-order valence-electron chi connectivity index (χ3n) is 3.85. The van der Waals surface area contributed by atoms with Crippen molar-refractivity contribution in [2.45, 2.75) is 19.3 Å². The first-order valence-corrected chi connectivity index (χ1v) is 7.28. The normalized spacial score (nSPS) is 26.6. The van der Waals surface area contributed by atoms with E-state index in [1.807, 2.05) is 11.3 Å². The third kappa shape index (κ3) is 2.31. The van der Waals surface area contributed by atoms with Gasteiger partial charge in [0.2, 0.25) is 0 Å². The van der Waals surface area contributed by atoms with Crippen molar-refractivity contribution in [3.63, 3.8) is 0 Å². The molecule has 3 heteroatoms. The summed E-state index contributed by atoms with van der Waals surface area (Å²) in [6.45, 7) is 6.16. The van der Waals surface area contributed by atoms with Crippen molar-refractivity contribution in [1.29, 1.82) is 0 Å². The lowest BCUT2D eigenvalue weighted by Crippen LogP contribution is -2.45. The molecule has 2 heterocycles. The molecule has 0 aromatic carbocycles. The zero-order chi connectivity index (χ0) is 10.8. The zero-order valence-electron chi connectivity index (χ0n) is 9.74. The van der Waals surface area contributed by atoms with Gasteiger partial charge in [-0.25, -0.2) is 0 Å². The minimum absolute atomic E-state index is 0.903. The van der Waals surface area contributed by atoms with E-state index in [2.05, 4.69) is 21.7 Å². The molecule has 0 saturated carbocycles. The Labute approximate surface area is 102 Å². The van der Waals surface area contributed by atoms with Crippen molar-refractivity contribution >= 4 is 11.3 Å². The number of hydrogen-bond donors (Lipinski definition) is 1. The Morgan fingerprint density at radius 2 is 2.25 bits per heavy atom. The van der Waals surface area contributed by atoms with Gasteiger partial charge in [-0.05, 0) is 42.2 Å². The Morgan fingerprint density at radius 1 is 1.38 bits per heavy atom. The van der Waals surface area contributed by atoms with Gasteiger partial charge in [-0.3, -0.25) is 0 Å². The standard InChI is InChI=1S/C13H20N2S/c1-2-13-12(3-8-16-13)9-11(1)10-15-6-4-14-5-7-15/h3,8,11,14H,1-2,4-7,9-10H2. The molecule has 1 aliphatic heterocycles. The van der Waals surface area contributed by atoms with E-state index < -0.39 is 0 Å². The van der Waals surface area contributed by atoms with Gasteiger partial charge in [0.25, 0.3) is 0 Å². The highest BCUT2D eigenvalue weighted by molar-refractivity contribution is 7.10. The summed E-state index contributed by atoms with van der Waals surface area (Å²) in [7, 11) is 0. The molecule has 0 amide bonds. The second-order valence-corrected chi connectivity index (χ2v) is 6.03. The average Bonchev–Trinajstić information content (AvgIpc) is 2.77. The number of rotatable bonds is 2. The van der Waals surface area contributed by atoms with Crippen LogP contribution >= 0.6 is 11.3 Å². The van der Waals surface area contributed by atoms with Crippen molar-refractivity contribution < 1.29 is 0 Å². The summed E-state index contributed by atoms with van der Waals surface area (Å²) in [5.41, 5.74) is 1.64. The molecule has 1 aromatic heterocycles. The molecule has 1 aromatic rings. The highest BCUT2D eigenvalue weighted by Crippen LogP contribution is 2.29. The molecule has 88 valence electrons. The Kier molecular flexibility index (Phi) is 3.27. The first kappa shape index (κ1) is 10.8. The molecule has 1 fully saturated rings. The van der Waals surface area contributed by atoms with Crippen LogP contribution in [0.15, 0.2) is 11.4 Å². The molecular weight excluding hydrogens is 216 g/mol. The summed E-state index contributed by atoms with van der Waals surface area (Å²) >= 11 is 1.95. The summed E-state index contributed by atoms with van der Waals surface area (Å²) in [5, 5.41) is 5.69. The average molecular weight is 236 g/mol. The van der Waals surface area contributed by atoms with Crippen LogP contribution in [0.2, 0.25) is 0 Å². The van der Waals surface area contributed by atoms with Crippen LogP contribution in [0.4, 0.5) is 0 Å². The molecule has 1 aliphatic carbocycles. The highest BCUT2D eigenvalue weighted by atomic mass is 32.1. The predicted molar refractivity (Wildman–Crippen MR) is 69.1 cm³/mol. The van der Waals surface area contributed by atoms with Crippen LogP contribution in [0.3, 0.4) is 0 Å². The quantitative estimate of drug-likeness (QED) is 0.842. The summed E-state index contributed by atoms with van der Waals surface area (Å²) in [6.07, 6.45) is 4.05. The van der Waals surface area contributed by atoms with Crippen LogP contribution in [0.5, 0.6) is 0 Å². The van der Waals surface area contributed by atoms with E-state index in [1.165, 1.54) is 52.0 Å². The number of nitrogens with zero attached hydrogens (tertiary/aromatic N) is 1. The summed E-state index contributed by atoms with van der Waals surface area (Å²) in [6, 6.07) is 2.34. The third-order valence-corrected chi connectivity index (χ3v) is 4.87. The van der Waals surface area contributed by atoms with Gasteiger partial charge in [0, 0.05) is 37.6 Å². The van der Waals surface area contributed by atoms with Crippen LogP contribution in [0, 0.1) is 5.92 Å². The van der Waals surface area contributed by atoms with Gasteiger partial charge >= 0.3 is 0 Å². The summed E-state index contributed by atoms with van der Waals surface area (Å²) in [4.78, 5) is 4.29. The van der Waals surface area contributed by atoms with Crippen molar-refractivity contribution in [2.75, 3.05) is 32.7 Å². The zero-order valence-corrected chi connectivity index (χ0v) is 10.6. The van der Waals surface area contributed by atoms with Gasteiger partial charge in [0.05, 0.1) is 0 Å². The minimum Gasteiger partial charge on any atom is -0.314 e. The number of piperazine rings is 1. The molecule has 0 spiro atoms. The molecule has 1 N–H and O–H groups in total. The van der Waals surface area contributed by atoms with Crippen LogP contribution in [-0.2, 0) is 12.8 Å². The molecule has 3 rings (SSSR count). The maximum absolute atomic E-state index is 3.42. The molecule has 1 unspecified atom stereocenters. The van der Waals surface area contributed by atoms with Gasteiger partial charge in [-0.1, -0.05) is 0 Å². The van der Waals surface area contributed by atoms with E-state index in [0.717, 1.165) is 5.92 Å². The predicted octanol–water partition coefficient (Wildman–Crippen LogP) is 1.76. The van der Waals surface area contributed by atoms with Crippen LogP contribution < -0.4 is 5.32 Å². The fraction of sp³-hybridized carbons (Fsp3) is 0.692. The second kappa shape index (κ2) is 4.86. The van der Waals surface area contributed by atoms with E-state index in [9.17, 15) is 0 Å².